The number of rotatable bonds is 7. The number of nitrogens with zero attached hydrogens (tertiary/aromatic N) is 4. The Labute approximate surface area is 162 Å². The van der Waals surface area contributed by atoms with Crippen molar-refractivity contribution in [1.29, 1.82) is 0 Å². The number of benzene rings is 2. The summed E-state index contributed by atoms with van der Waals surface area (Å²) in [6.45, 7) is 10.1. The largest absolute Gasteiger partial charge is 0.495 e. The fourth-order valence-electron chi connectivity index (χ4n) is 3.45. The Morgan fingerprint density at radius 1 is 0.963 bits per heavy atom. The summed E-state index contributed by atoms with van der Waals surface area (Å²) in [5, 5.41) is 6.82. The van der Waals surface area contributed by atoms with Gasteiger partial charge in [-0.2, -0.15) is 5.10 Å². The van der Waals surface area contributed by atoms with Crippen LogP contribution in [0.15, 0.2) is 53.6 Å². The second kappa shape index (κ2) is 9.31. The molecule has 2 aromatic rings. The molecule has 1 aliphatic heterocycles. The third kappa shape index (κ3) is 4.73. The van der Waals surface area contributed by atoms with E-state index in [1.165, 1.54) is 5.69 Å². The molecule has 0 N–H and O–H groups in total. The smallest absolute Gasteiger partial charge is 0.142 e. The topological polar surface area (TPSA) is 31.3 Å². The van der Waals surface area contributed by atoms with Crippen LogP contribution in [0.3, 0.4) is 0 Å². The van der Waals surface area contributed by atoms with Gasteiger partial charge in [-0.3, -0.25) is 5.01 Å². The Hall–Kier alpha value is -2.69. The third-order valence-electron chi connectivity index (χ3n) is 5.07. The summed E-state index contributed by atoms with van der Waals surface area (Å²) in [7, 11) is 1.73. The van der Waals surface area contributed by atoms with Crippen molar-refractivity contribution in [2.24, 2.45) is 5.10 Å². The minimum absolute atomic E-state index is 0.909. The minimum atomic E-state index is 0.909. The maximum Gasteiger partial charge on any atom is 0.142 e. The van der Waals surface area contributed by atoms with Gasteiger partial charge in [0.15, 0.2) is 0 Å². The Bertz CT molecular complexity index is 732. The first-order valence-corrected chi connectivity index (χ1v) is 9.77. The van der Waals surface area contributed by atoms with Crippen molar-refractivity contribution >= 4 is 17.6 Å². The van der Waals surface area contributed by atoms with Crippen LogP contribution in [-0.4, -0.2) is 57.6 Å². The number of piperazine rings is 1. The SMILES string of the molecule is CCN(CC)c1ccc(C=NN2CCN(c3ccccc3OC)CC2)cc1. The molecule has 5 heteroatoms. The standard InChI is InChI=1S/C22H30N4O/c1-4-24(5-2)20-12-10-19(11-13-20)18-23-26-16-14-25(15-17-26)21-8-6-7-9-22(21)27-3/h6-13,18H,4-5,14-17H2,1-3H3. The predicted octanol–water partition coefficient (Wildman–Crippen LogP) is 3.70. The van der Waals surface area contributed by atoms with Crippen LogP contribution in [0, 0.1) is 0 Å². The number of anilines is 2. The molecule has 0 amide bonds. The number of hydrogen-bond acceptors (Lipinski definition) is 5. The third-order valence-corrected chi connectivity index (χ3v) is 5.07. The van der Waals surface area contributed by atoms with E-state index in [1.807, 2.05) is 18.3 Å². The Morgan fingerprint density at radius 2 is 1.63 bits per heavy atom. The average Bonchev–Trinajstić information content (AvgIpc) is 2.74. The van der Waals surface area contributed by atoms with Gasteiger partial charge in [-0.05, 0) is 43.7 Å². The Kier molecular flexibility index (Phi) is 6.58. The summed E-state index contributed by atoms with van der Waals surface area (Å²) in [6, 6.07) is 16.8. The molecule has 0 radical (unpaired) electrons. The molecule has 1 fully saturated rings. The van der Waals surface area contributed by atoms with Crippen LogP contribution in [0.2, 0.25) is 0 Å². The lowest BCUT2D eigenvalue weighted by Gasteiger charge is -2.35. The fraction of sp³-hybridized carbons (Fsp3) is 0.409. The molecule has 1 heterocycles. The van der Waals surface area contributed by atoms with E-state index >= 15 is 0 Å². The van der Waals surface area contributed by atoms with Crippen LogP contribution >= 0.6 is 0 Å². The highest BCUT2D eigenvalue weighted by molar-refractivity contribution is 5.80. The van der Waals surface area contributed by atoms with E-state index in [0.29, 0.717) is 0 Å². The molecule has 0 aliphatic carbocycles. The maximum absolute atomic E-state index is 5.48. The highest BCUT2D eigenvalue weighted by Gasteiger charge is 2.18. The number of hydrogen-bond donors (Lipinski definition) is 0. The van der Waals surface area contributed by atoms with Gasteiger partial charge in [-0.15, -0.1) is 0 Å². The number of ether oxygens (including phenoxy) is 1. The summed E-state index contributed by atoms with van der Waals surface area (Å²) in [4.78, 5) is 4.71. The lowest BCUT2D eigenvalue weighted by molar-refractivity contribution is 0.271. The van der Waals surface area contributed by atoms with E-state index in [1.54, 1.807) is 7.11 Å². The van der Waals surface area contributed by atoms with Gasteiger partial charge in [0, 0.05) is 31.9 Å². The van der Waals surface area contributed by atoms with Gasteiger partial charge >= 0.3 is 0 Å². The number of para-hydroxylation sites is 2. The minimum Gasteiger partial charge on any atom is -0.495 e. The molecule has 5 nitrogen and oxygen atoms in total. The van der Waals surface area contributed by atoms with Crippen LogP contribution in [0.5, 0.6) is 5.75 Å². The van der Waals surface area contributed by atoms with Crippen molar-refractivity contribution in [3.05, 3.63) is 54.1 Å². The molecule has 0 unspecified atom stereocenters. The second-order valence-electron chi connectivity index (χ2n) is 6.62. The summed E-state index contributed by atoms with van der Waals surface area (Å²) in [5.41, 5.74) is 3.57. The zero-order chi connectivity index (χ0) is 19.1. The van der Waals surface area contributed by atoms with Gasteiger partial charge < -0.3 is 14.5 Å². The van der Waals surface area contributed by atoms with Crippen molar-refractivity contribution in [3.63, 3.8) is 0 Å². The maximum atomic E-state index is 5.48. The molecule has 1 aliphatic rings. The zero-order valence-electron chi connectivity index (χ0n) is 16.6. The van der Waals surface area contributed by atoms with Crippen LogP contribution in [-0.2, 0) is 0 Å². The van der Waals surface area contributed by atoms with E-state index in [2.05, 4.69) is 70.2 Å². The zero-order valence-corrected chi connectivity index (χ0v) is 16.6. The van der Waals surface area contributed by atoms with Crippen molar-refractivity contribution in [2.45, 2.75) is 13.8 Å². The first kappa shape index (κ1) is 19.1. The molecule has 2 aromatic carbocycles. The van der Waals surface area contributed by atoms with Crippen molar-refractivity contribution in [3.8, 4) is 5.75 Å². The van der Waals surface area contributed by atoms with Crippen LogP contribution in [0.1, 0.15) is 19.4 Å². The quantitative estimate of drug-likeness (QED) is 0.699. The van der Waals surface area contributed by atoms with Gasteiger partial charge in [-0.25, -0.2) is 0 Å². The predicted molar refractivity (Wildman–Crippen MR) is 114 cm³/mol. The summed E-state index contributed by atoms with van der Waals surface area (Å²) in [5.74, 6) is 0.933. The molecule has 0 atom stereocenters. The van der Waals surface area contributed by atoms with Crippen molar-refractivity contribution in [1.82, 2.24) is 5.01 Å². The Morgan fingerprint density at radius 3 is 2.26 bits per heavy atom. The van der Waals surface area contributed by atoms with Gasteiger partial charge in [0.1, 0.15) is 5.75 Å². The molecular weight excluding hydrogens is 336 g/mol. The summed E-state index contributed by atoms with van der Waals surface area (Å²) >= 11 is 0. The molecule has 0 bridgehead atoms. The van der Waals surface area contributed by atoms with Crippen molar-refractivity contribution < 1.29 is 4.74 Å². The van der Waals surface area contributed by atoms with E-state index < -0.39 is 0 Å². The van der Waals surface area contributed by atoms with E-state index in [4.69, 9.17) is 4.74 Å². The van der Waals surface area contributed by atoms with E-state index in [-0.39, 0.29) is 0 Å². The molecule has 0 saturated carbocycles. The summed E-state index contributed by atoms with van der Waals surface area (Å²) < 4.78 is 5.48. The summed E-state index contributed by atoms with van der Waals surface area (Å²) in [6.07, 6.45) is 1.96. The molecular formula is C22H30N4O. The molecule has 0 spiro atoms. The molecule has 144 valence electrons. The molecule has 3 rings (SSSR count). The second-order valence-corrected chi connectivity index (χ2v) is 6.62. The van der Waals surface area contributed by atoms with Crippen LogP contribution in [0.4, 0.5) is 11.4 Å². The highest BCUT2D eigenvalue weighted by Crippen LogP contribution is 2.28. The Balaban J connectivity index is 1.56. The normalized spacial score (nSPS) is 14.6. The number of methoxy groups -OCH3 is 1. The molecule has 1 saturated heterocycles. The first-order valence-electron chi connectivity index (χ1n) is 9.77. The average molecular weight is 367 g/mol. The van der Waals surface area contributed by atoms with Gasteiger partial charge in [-0.1, -0.05) is 24.3 Å². The fourth-order valence-corrected chi connectivity index (χ4v) is 3.45. The monoisotopic (exact) mass is 366 g/mol. The first-order chi connectivity index (χ1) is 13.2. The lowest BCUT2D eigenvalue weighted by atomic mass is 10.2. The van der Waals surface area contributed by atoms with E-state index in [0.717, 1.165) is 56.3 Å². The molecule has 27 heavy (non-hydrogen) atoms. The van der Waals surface area contributed by atoms with Crippen LogP contribution in [0.25, 0.3) is 0 Å². The van der Waals surface area contributed by atoms with E-state index in [9.17, 15) is 0 Å². The molecule has 0 aromatic heterocycles. The van der Waals surface area contributed by atoms with Crippen LogP contribution < -0.4 is 14.5 Å². The number of hydrazone groups is 1. The highest BCUT2D eigenvalue weighted by atomic mass is 16.5. The van der Waals surface area contributed by atoms with Crippen molar-refractivity contribution in [2.75, 3.05) is 56.2 Å². The van der Waals surface area contributed by atoms with Gasteiger partial charge in [0.25, 0.3) is 0 Å². The van der Waals surface area contributed by atoms with Gasteiger partial charge in [0.05, 0.1) is 32.1 Å². The van der Waals surface area contributed by atoms with Gasteiger partial charge in [0.2, 0.25) is 0 Å². The lowest BCUT2D eigenvalue weighted by Crippen LogP contribution is -2.44.